The monoisotopic (exact) mass is 342 g/mol. The topological polar surface area (TPSA) is 67.4 Å². The summed E-state index contributed by atoms with van der Waals surface area (Å²) in [6, 6.07) is 7.18. The van der Waals surface area contributed by atoms with E-state index >= 15 is 0 Å². The van der Waals surface area contributed by atoms with E-state index in [-0.39, 0.29) is 29.4 Å². The van der Waals surface area contributed by atoms with Gasteiger partial charge in [-0.3, -0.25) is 9.59 Å². The Morgan fingerprint density at radius 3 is 2.72 bits per heavy atom. The van der Waals surface area contributed by atoms with E-state index in [1.54, 1.807) is 12.1 Å². The summed E-state index contributed by atoms with van der Waals surface area (Å²) in [7, 11) is 0. The highest BCUT2D eigenvalue weighted by Gasteiger charge is 2.49. The third-order valence-corrected chi connectivity index (χ3v) is 5.83. The van der Waals surface area contributed by atoms with Gasteiger partial charge in [0.1, 0.15) is 0 Å². The largest absolute Gasteiger partial charge is 0.375 e. The zero-order chi connectivity index (χ0) is 17.6. The van der Waals surface area contributed by atoms with Crippen molar-refractivity contribution >= 4 is 17.5 Å². The molecule has 2 N–H and O–H groups in total. The van der Waals surface area contributed by atoms with Crippen molar-refractivity contribution in [2.75, 3.05) is 11.9 Å². The first-order valence-corrected chi connectivity index (χ1v) is 9.31. The number of benzene rings is 1. The van der Waals surface area contributed by atoms with Crippen LogP contribution in [0.4, 0.5) is 5.69 Å². The van der Waals surface area contributed by atoms with E-state index in [2.05, 4.69) is 24.5 Å². The molecule has 2 saturated carbocycles. The lowest BCUT2D eigenvalue weighted by molar-refractivity contribution is -0.117. The Kier molecular flexibility index (Phi) is 4.07. The summed E-state index contributed by atoms with van der Waals surface area (Å²) >= 11 is 0. The van der Waals surface area contributed by atoms with E-state index in [4.69, 9.17) is 4.74 Å². The van der Waals surface area contributed by atoms with Gasteiger partial charge in [0, 0.05) is 23.8 Å². The predicted molar refractivity (Wildman–Crippen MR) is 95.3 cm³/mol. The van der Waals surface area contributed by atoms with Gasteiger partial charge in [-0.2, -0.15) is 0 Å². The van der Waals surface area contributed by atoms with Crippen LogP contribution in [0.2, 0.25) is 0 Å². The van der Waals surface area contributed by atoms with Gasteiger partial charge in [0.2, 0.25) is 5.91 Å². The maximum absolute atomic E-state index is 12.8. The van der Waals surface area contributed by atoms with E-state index in [9.17, 15) is 9.59 Å². The first-order valence-electron chi connectivity index (χ1n) is 9.31. The number of carbonyl (C=O) groups excluding carboxylic acids is 2. The SMILES string of the molecule is CC1CC1C(=O)Nc1cccc(C(=O)NC2(C)CCOC2C2CC2)c1. The van der Waals surface area contributed by atoms with Crippen molar-refractivity contribution in [3.8, 4) is 0 Å². The Morgan fingerprint density at radius 2 is 2.04 bits per heavy atom. The summed E-state index contributed by atoms with van der Waals surface area (Å²) in [4.78, 5) is 24.8. The molecular weight excluding hydrogens is 316 g/mol. The van der Waals surface area contributed by atoms with E-state index in [0.29, 0.717) is 29.7 Å². The van der Waals surface area contributed by atoms with Crippen molar-refractivity contribution < 1.29 is 14.3 Å². The van der Waals surface area contributed by atoms with Gasteiger partial charge in [0.25, 0.3) is 5.91 Å². The maximum atomic E-state index is 12.8. The van der Waals surface area contributed by atoms with Gasteiger partial charge in [-0.25, -0.2) is 0 Å². The maximum Gasteiger partial charge on any atom is 0.251 e. The molecule has 5 nitrogen and oxygen atoms in total. The Labute approximate surface area is 148 Å². The summed E-state index contributed by atoms with van der Waals surface area (Å²) in [6.07, 6.45) is 4.30. The molecule has 4 atom stereocenters. The average Bonchev–Trinajstić information content (AvgIpc) is 3.49. The quantitative estimate of drug-likeness (QED) is 0.864. The third kappa shape index (κ3) is 3.43. The third-order valence-electron chi connectivity index (χ3n) is 5.83. The molecule has 1 aromatic rings. The molecule has 4 unspecified atom stereocenters. The van der Waals surface area contributed by atoms with Crippen LogP contribution in [0.15, 0.2) is 24.3 Å². The fourth-order valence-electron chi connectivity index (χ4n) is 3.91. The molecular formula is C20H26N2O3. The molecule has 4 rings (SSSR count). The second-order valence-electron chi connectivity index (χ2n) is 8.14. The highest BCUT2D eigenvalue weighted by atomic mass is 16.5. The molecule has 0 aromatic heterocycles. The van der Waals surface area contributed by atoms with Crippen LogP contribution in [0.25, 0.3) is 0 Å². The van der Waals surface area contributed by atoms with Crippen LogP contribution in [-0.4, -0.2) is 30.1 Å². The fraction of sp³-hybridized carbons (Fsp3) is 0.600. The lowest BCUT2D eigenvalue weighted by Gasteiger charge is -2.31. The average molecular weight is 342 g/mol. The van der Waals surface area contributed by atoms with Crippen molar-refractivity contribution in [2.45, 2.75) is 51.2 Å². The highest BCUT2D eigenvalue weighted by molar-refractivity contribution is 5.98. The molecule has 1 aliphatic heterocycles. The second kappa shape index (κ2) is 6.13. The molecule has 5 heteroatoms. The van der Waals surface area contributed by atoms with Crippen molar-refractivity contribution in [3.05, 3.63) is 29.8 Å². The van der Waals surface area contributed by atoms with Crippen molar-refractivity contribution in [2.24, 2.45) is 17.8 Å². The van der Waals surface area contributed by atoms with Gasteiger partial charge < -0.3 is 15.4 Å². The minimum Gasteiger partial charge on any atom is -0.375 e. The summed E-state index contributed by atoms with van der Waals surface area (Å²) < 4.78 is 5.88. The number of hydrogen-bond acceptors (Lipinski definition) is 3. The molecule has 25 heavy (non-hydrogen) atoms. The van der Waals surface area contributed by atoms with Crippen LogP contribution >= 0.6 is 0 Å². The van der Waals surface area contributed by atoms with Gasteiger partial charge in [-0.15, -0.1) is 0 Å². The summed E-state index contributed by atoms with van der Waals surface area (Å²) in [5, 5.41) is 6.12. The summed E-state index contributed by atoms with van der Waals surface area (Å²) in [6.45, 7) is 4.86. The molecule has 3 fully saturated rings. The molecule has 134 valence electrons. The van der Waals surface area contributed by atoms with Gasteiger partial charge >= 0.3 is 0 Å². The van der Waals surface area contributed by atoms with Crippen molar-refractivity contribution in [1.29, 1.82) is 0 Å². The molecule has 1 saturated heterocycles. The van der Waals surface area contributed by atoms with E-state index in [1.807, 2.05) is 12.1 Å². The van der Waals surface area contributed by atoms with Crippen molar-refractivity contribution in [3.63, 3.8) is 0 Å². The number of amides is 2. The molecule has 0 bridgehead atoms. The van der Waals surface area contributed by atoms with Crippen LogP contribution in [0.1, 0.15) is 49.9 Å². The highest BCUT2D eigenvalue weighted by Crippen LogP contribution is 2.43. The van der Waals surface area contributed by atoms with Gasteiger partial charge in [0.05, 0.1) is 11.6 Å². The minimum absolute atomic E-state index is 0.0509. The smallest absolute Gasteiger partial charge is 0.251 e. The number of carbonyl (C=O) groups is 2. The van der Waals surface area contributed by atoms with Gasteiger partial charge in [-0.05, 0) is 62.6 Å². The number of nitrogens with one attached hydrogen (secondary N) is 2. The van der Waals surface area contributed by atoms with Gasteiger partial charge in [0.15, 0.2) is 0 Å². The molecule has 0 spiro atoms. The Balaban J connectivity index is 1.43. The lowest BCUT2D eigenvalue weighted by atomic mass is 9.90. The van der Waals surface area contributed by atoms with Crippen LogP contribution in [0, 0.1) is 17.8 Å². The molecule has 1 aromatic carbocycles. The van der Waals surface area contributed by atoms with Crippen LogP contribution in [0.5, 0.6) is 0 Å². The molecule has 2 aliphatic carbocycles. The minimum atomic E-state index is -0.305. The van der Waals surface area contributed by atoms with Crippen LogP contribution in [-0.2, 0) is 9.53 Å². The van der Waals surface area contributed by atoms with Crippen LogP contribution in [0.3, 0.4) is 0 Å². The first-order chi connectivity index (χ1) is 12.0. The molecule has 1 heterocycles. The number of rotatable bonds is 5. The number of hydrogen-bond donors (Lipinski definition) is 2. The second-order valence-corrected chi connectivity index (χ2v) is 8.14. The van der Waals surface area contributed by atoms with Gasteiger partial charge in [-0.1, -0.05) is 13.0 Å². The number of ether oxygens (including phenoxy) is 1. The first kappa shape index (κ1) is 16.6. The normalized spacial score (nSPS) is 33.8. The Bertz CT molecular complexity index is 700. The summed E-state index contributed by atoms with van der Waals surface area (Å²) in [5.74, 6) is 1.11. The molecule has 2 amide bonds. The lowest BCUT2D eigenvalue weighted by Crippen LogP contribution is -2.52. The molecule has 0 radical (unpaired) electrons. The van der Waals surface area contributed by atoms with Crippen molar-refractivity contribution in [1.82, 2.24) is 5.32 Å². The fourth-order valence-corrected chi connectivity index (χ4v) is 3.91. The Morgan fingerprint density at radius 1 is 1.28 bits per heavy atom. The Hall–Kier alpha value is -1.88. The van der Waals surface area contributed by atoms with E-state index in [1.165, 1.54) is 12.8 Å². The van der Waals surface area contributed by atoms with E-state index < -0.39 is 0 Å². The van der Waals surface area contributed by atoms with Crippen LogP contribution < -0.4 is 10.6 Å². The molecule has 3 aliphatic rings. The standard InChI is InChI=1S/C20H26N2O3/c1-12-10-16(12)19(24)21-15-5-3-4-14(11-15)18(23)22-20(2)8-9-25-17(20)13-6-7-13/h3-5,11-13,16-17H,6-10H2,1-2H3,(H,21,24)(H,22,23). The number of anilines is 1. The summed E-state index contributed by atoms with van der Waals surface area (Å²) in [5.41, 5.74) is 0.952. The van der Waals surface area contributed by atoms with E-state index in [0.717, 1.165) is 12.8 Å². The zero-order valence-electron chi connectivity index (χ0n) is 14.9. The zero-order valence-corrected chi connectivity index (χ0v) is 14.9. The predicted octanol–water partition coefficient (Wildman–Crippen LogP) is 2.97.